The number of rotatable bonds is 6. The molecule has 0 bridgehead atoms. The van der Waals surface area contributed by atoms with E-state index in [4.69, 9.17) is 9.47 Å². The summed E-state index contributed by atoms with van der Waals surface area (Å²) in [6, 6.07) is 8.88. The van der Waals surface area contributed by atoms with Gasteiger partial charge in [-0.2, -0.15) is 0 Å². The lowest BCUT2D eigenvalue weighted by atomic mass is 10.1. The molecule has 1 aliphatic rings. The molecule has 0 aliphatic carbocycles. The van der Waals surface area contributed by atoms with E-state index in [0.29, 0.717) is 26.1 Å². The number of benzene rings is 1. The molecule has 5 nitrogen and oxygen atoms in total. The van der Waals surface area contributed by atoms with Crippen molar-refractivity contribution in [3.63, 3.8) is 0 Å². The molecule has 1 aromatic rings. The first-order chi connectivity index (χ1) is 10.2. The lowest BCUT2D eigenvalue weighted by molar-refractivity contribution is -0.148. The number of ether oxygens (including phenoxy) is 2. The quantitative estimate of drug-likeness (QED) is 0.806. The highest BCUT2D eigenvalue weighted by molar-refractivity contribution is 5.87. The Kier molecular flexibility index (Phi) is 5.75. The summed E-state index contributed by atoms with van der Waals surface area (Å²) in [5.74, 6) is -0.644. The van der Waals surface area contributed by atoms with Crippen molar-refractivity contribution in [1.82, 2.24) is 5.32 Å². The topological polar surface area (TPSA) is 64.6 Å². The van der Waals surface area contributed by atoms with Crippen LogP contribution in [0.2, 0.25) is 0 Å². The summed E-state index contributed by atoms with van der Waals surface area (Å²) in [5, 5.41) is 2.75. The molecule has 0 spiro atoms. The van der Waals surface area contributed by atoms with E-state index in [1.807, 2.05) is 30.3 Å². The molecule has 1 heterocycles. The molecule has 1 amide bonds. The van der Waals surface area contributed by atoms with E-state index < -0.39 is 18.1 Å². The smallest absolute Gasteiger partial charge is 0.328 e. The summed E-state index contributed by atoms with van der Waals surface area (Å²) in [4.78, 5) is 24.1. The summed E-state index contributed by atoms with van der Waals surface area (Å²) >= 11 is 0. The average Bonchev–Trinajstić information content (AvgIpc) is 3.02. The molecule has 114 valence electrons. The maximum absolute atomic E-state index is 12.1. The van der Waals surface area contributed by atoms with Crippen LogP contribution in [0.25, 0.3) is 0 Å². The van der Waals surface area contributed by atoms with Crippen LogP contribution in [0, 0.1) is 0 Å². The van der Waals surface area contributed by atoms with E-state index >= 15 is 0 Å². The normalized spacial score (nSPS) is 19.0. The van der Waals surface area contributed by atoms with Gasteiger partial charge in [-0.3, -0.25) is 4.79 Å². The van der Waals surface area contributed by atoms with Crippen molar-refractivity contribution in [3.8, 4) is 0 Å². The minimum atomic E-state index is -0.677. The first kappa shape index (κ1) is 15.5. The number of amides is 1. The van der Waals surface area contributed by atoms with Gasteiger partial charge in [0.2, 0.25) is 5.91 Å². The van der Waals surface area contributed by atoms with E-state index in [-0.39, 0.29) is 5.91 Å². The van der Waals surface area contributed by atoms with Crippen molar-refractivity contribution in [2.45, 2.75) is 38.3 Å². The molecule has 2 atom stereocenters. The van der Waals surface area contributed by atoms with Crippen LogP contribution in [0.3, 0.4) is 0 Å². The first-order valence-electron chi connectivity index (χ1n) is 7.33. The van der Waals surface area contributed by atoms with Gasteiger partial charge < -0.3 is 14.8 Å². The van der Waals surface area contributed by atoms with Gasteiger partial charge in [0.25, 0.3) is 0 Å². The Morgan fingerprint density at radius 1 is 1.38 bits per heavy atom. The molecule has 0 unspecified atom stereocenters. The molecule has 5 heteroatoms. The Morgan fingerprint density at radius 3 is 2.76 bits per heavy atom. The highest BCUT2D eigenvalue weighted by atomic mass is 16.5. The predicted molar refractivity (Wildman–Crippen MR) is 77.7 cm³/mol. The van der Waals surface area contributed by atoms with Gasteiger partial charge >= 0.3 is 5.97 Å². The Bertz CT molecular complexity index is 468. The van der Waals surface area contributed by atoms with E-state index in [0.717, 1.165) is 12.0 Å². The fourth-order valence-corrected chi connectivity index (χ4v) is 2.34. The fourth-order valence-electron chi connectivity index (χ4n) is 2.34. The SMILES string of the molecule is CCOC(=O)[C@H](Cc1ccccc1)NC(=O)[C@H]1CCCO1. The van der Waals surface area contributed by atoms with E-state index in [1.54, 1.807) is 6.92 Å². The predicted octanol–water partition coefficient (Wildman–Crippen LogP) is 1.46. The summed E-state index contributed by atoms with van der Waals surface area (Å²) in [6.45, 7) is 2.64. The molecule has 1 fully saturated rings. The number of hydrogen-bond acceptors (Lipinski definition) is 4. The van der Waals surface area contributed by atoms with Gasteiger partial charge in [0, 0.05) is 13.0 Å². The summed E-state index contributed by atoms with van der Waals surface area (Å²) in [5.41, 5.74) is 0.975. The zero-order chi connectivity index (χ0) is 15.1. The molecule has 0 radical (unpaired) electrons. The number of carbonyl (C=O) groups excluding carboxylic acids is 2. The van der Waals surface area contributed by atoms with Crippen LogP contribution in [0.5, 0.6) is 0 Å². The molecule has 1 N–H and O–H groups in total. The second kappa shape index (κ2) is 7.78. The van der Waals surface area contributed by atoms with Crippen molar-refractivity contribution >= 4 is 11.9 Å². The summed E-state index contributed by atoms with van der Waals surface area (Å²) in [6.07, 6.45) is 1.55. The zero-order valence-corrected chi connectivity index (χ0v) is 12.2. The number of esters is 1. The Labute approximate surface area is 124 Å². The van der Waals surface area contributed by atoms with Crippen LogP contribution in [0.1, 0.15) is 25.3 Å². The molecular formula is C16H21NO4. The second-order valence-corrected chi connectivity index (χ2v) is 5.00. The Balaban J connectivity index is 2.01. The minimum Gasteiger partial charge on any atom is -0.464 e. The van der Waals surface area contributed by atoms with Gasteiger partial charge in [0.05, 0.1) is 6.61 Å². The van der Waals surface area contributed by atoms with Crippen LogP contribution in [-0.2, 0) is 25.5 Å². The van der Waals surface area contributed by atoms with Gasteiger partial charge in [-0.1, -0.05) is 30.3 Å². The molecule has 0 saturated carbocycles. The highest BCUT2D eigenvalue weighted by Crippen LogP contribution is 2.13. The van der Waals surface area contributed by atoms with Gasteiger partial charge in [-0.05, 0) is 25.3 Å². The van der Waals surface area contributed by atoms with Gasteiger partial charge in [-0.25, -0.2) is 4.79 Å². The number of hydrogen-bond donors (Lipinski definition) is 1. The van der Waals surface area contributed by atoms with Crippen LogP contribution in [-0.4, -0.2) is 37.2 Å². The van der Waals surface area contributed by atoms with Crippen LogP contribution >= 0.6 is 0 Å². The van der Waals surface area contributed by atoms with E-state index in [1.165, 1.54) is 0 Å². The largest absolute Gasteiger partial charge is 0.464 e. The third-order valence-electron chi connectivity index (χ3n) is 3.39. The van der Waals surface area contributed by atoms with Crippen molar-refractivity contribution in [2.24, 2.45) is 0 Å². The maximum Gasteiger partial charge on any atom is 0.328 e. The lowest BCUT2D eigenvalue weighted by Gasteiger charge is -2.19. The molecule has 1 aliphatic heterocycles. The molecule has 21 heavy (non-hydrogen) atoms. The monoisotopic (exact) mass is 291 g/mol. The Hall–Kier alpha value is -1.88. The fraction of sp³-hybridized carbons (Fsp3) is 0.500. The van der Waals surface area contributed by atoms with Gasteiger partial charge in [0.1, 0.15) is 12.1 Å². The van der Waals surface area contributed by atoms with Crippen molar-refractivity contribution in [2.75, 3.05) is 13.2 Å². The third kappa shape index (κ3) is 4.56. The van der Waals surface area contributed by atoms with Crippen LogP contribution in [0.4, 0.5) is 0 Å². The first-order valence-corrected chi connectivity index (χ1v) is 7.33. The Morgan fingerprint density at radius 2 is 2.14 bits per heavy atom. The van der Waals surface area contributed by atoms with Crippen molar-refractivity contribution < 1.29 is 19.1 Å². The van der Waals surface area contributed by atoms with E-state index in [9.17, 15) is 9.59 Å². The van der Waals surface area contributed by atoms with Gasteiger partial charge in [0.15, 0.2) is 0 Å². The maximum atomic E-state index is 12.1. The van der Waals surface area contributed by atoms with Crippen molar-refractivity contribution in [1.29, 1.82) is 0 Å². The molecular weight excluding hydrogens is 270 g/mol. The summed E-state index contributed by atoms with van der Waals surface area (Å²) in [7, 11) is 0. The molecule has 1 saturated heterocycles. The van der Waals surface area contributed by atoms with Crippen LogP contribution < -0.4 is 5.32 Å². The highest BCUT2D eigenvalue weighted by Gasteiger charge is 2.29. The van der Waals surface area contributed by atoms with E-state index in [2.05, 4.69) is 5.32 Å². The third-order valence-corrected chi connectivity index (χ3v) is 3.39. The van der Waals surface area contributed by atoms with Crippen LogP contribution in [0.15, 0.2) is 30.3 Å². The molecule has 2 rings (SSSR count). The average molecular weight is 291 g/mol. The standard InChI is InChI=1S/C16H21NO4/c1-2-20-16(19)13(11-12-7-4-3-5-8-12)17-15(18)14-9-6-10-21-14/h3-5,7-8,13-14H,2,6,9-11H2,1H3,(H,17,18)/t13-,14+/m0/s1. The minimum absolute atomic E-state index is 0.235. The zero-order valence-electron chi connectivity index (χ0n) is 12.2. The van der Waals surface area contributed by atoms with Crippen molar-refractivity contribution in [3.05, 3.63) is 35.9 Å². The lowest BCUT2D eigenvalue weighted by Crippen LogP contribution is -2.47. The van der Waals surface area contributed by atoms with Gasteiger partial charge in [-0.15, -0.1) is 0 Å². The second-order valence-electron chi connectivity index (χ2n) is 5.00. The number of carbonyl (C=O) groups is 2. The summed E-state index contributed by atoms with van der Waals surface area (Å²) < 4.78 is 10.4. The molecule has 1 aromatic carbocycles. The molecule has 0 aromatic heterocycles. The number of nitrogens with one attached hydrogen (secondary N) is 1.